The molecule has 35 heavy (non-hydrogen) atoms. The molecule has 3 aliphatic rings. The summed E-state index contributed by atoms with van der Waals surface area (Å²) in [5.41, 5.74) is 2.52. The van der Waals surface area contributed by atoms with Gasteiger partial charge in [-0.15, -0.1) is 0 Å². The fourth-order valence-electron chi connectivity index (χ4n) is 5.03. The number of nitrogens with one attached hydrogen (secondary N) is 2. The molecule has 2 N–H and O–H groups in total. The van der Waals surface area contributed by atoms with Crippen LogP contribution < -0.4 is 10.6 Å². The summed E-state index contributed by atoms with van der Waals surface area (Å²) in [6.45, 7) is 6.68. The van der Waals surface area contributed by atoms with Gasteiger partial charge in [0.25, 0.3) is 5.91 Å². The molecule has 1 aromatic carbocycles. The molecule has 1 aliphatic carbocycles. The average Bonchev–Trinajstić information content (AvgIpc) is 3.71. The maximum Gasteiger partial charge on any atom is 0.254 e. The van der Waals surface area contributed by atoms with Crippen LogP contribution >= 0.6 is 0 Å². The number of benzene rings is 1. The molecule has 5 rings (SSSR count). The molecule has 0 spiro atoms. The lowest BCUT2D eigenvalue weighted by molar-refractivity contribution is -0.108. The third-order valence-corrected chi connectivity index (χ3v) is 7.22. The second-order valence-electron chi connectivity index (χ2n) is 9.52. The van der Waals surface area contributed by atoms with Crippen molar-refractivity contribution in [3.8, 4) is 0 Å². The summed E-state index contributed by atoms with van der Waals surface area (Å²) in [6, 6.07) is 8.35. The Kier molecular flexibility index (Phi) is 7.15. The SMILES string of the molecule is Cc1c(Nc2ccc(C(=O)N3CCOCC3)cc2)nc(C2CCN(C3CC3)CC2)n1/C=C\NC=O. The standard InChI is InChI=1S/C26H34N6O3/c1-19-24(28-22-4-2-21(3-5-22)26(34)31-14-16-35-17-15-31)29-25(32(19)13-10-27-18-33)20-8-11-30(12-9-20)23-6-7-23/h2-5,10,13,18,20,23,28H,6-9,11-12,14-17H2,1H3,(H,27,33)/b13-10-. The van der Waals surface area contributed by atoms with Gasteiger partial charge in [-0.05, 0) is 70.0 Å². The molecule has 186 valence electrons. The molecule has 0 atom stereocenters. The molecule has 2 aliphatic heterocycles. The number of anilines is 2. The maximum absolute atomic E-state index is 12.7. The van der Waals surface area contributed by atoms with Crippen LogP contribution in [0.2, 0.25) is 0 Å². The predicted octanol–water partition coefficient (Wildman–Crippen LogP) is 2.92. The van der Waals surface area contributed by atoms with Crippen LogP contribution in [0.5, 0.6) is 0 Å². The zero-order chi connectivity index (χ0) is 24.2. The van der Waals surface area contributed by atoms with E-state index in [4.69, 9.17) is 9.72 Å². The summed E-state index contributed by atoms with van der Waals surface area (Å²) in [4.78, 5) is 32.9. The summed E-state index contributed by atoms with van der Waals surface area (Å²) in [5, 5.41) is 6.04. The number of hydrogen-bond acceptors (Lipinski definition) is 6. The fraction of sp³-hybridized carbons (Fsp3) is 0.500. The molecule has 1 saturated carbocycles. The van der Waals surface area contributed by atoms with Gasteiger partial charge in [0, 0.05) is 48.7 Å². The van der Waals surface area contributed by atoms with E-state index in [9.17, 15) is 9.59 Å². The van der Waals surface area contributed by atoms with Gasteiger partial charge in [-0.2, -0.15) is 0 Å². The lowest BCUT2D eigenvalue weighted by Crippen LogP contribution is -2.40. The Labute approximate surface area is 206 Å². The quantitative estimate of drug-likeness (QED) is 0.567. The van der Waals surface area contributed by atoms with Crippen LogP contribution in [0.25, 0.3) is 6.20 Å². The molecule has 3 heterocycles. The lowest BCUT2D eigenvalue weighted by Gasteiger charge is -2.31. The predicted molar refractivity (Wildman–Crippen MR) is 135 cm³/mol. The molecular formula is C26H34N6O3. The molecule has 1 aromatic heterocycles. The van der Waals surface area contributed by atoms with Crippen LogP contribution in [-0.4, -0.2) is 77.1 Å². The van der Waals surface area contributed by atoms with E-state index in [1.54, 1.807) is 6.20 Å². The molecule has 9 nitrogen and oxygen atoms in total. The second kappa shape index (κ2) is 10.6. The van der Waals surface area contributed by atoms with Crippen LogP contribution in [-0.2, 0) is 9.53 Å². The van der Waals surface area contributed by atoms with Gasteiger partial charge in [-0.3, -0.25) is 9.59 Å². The Morgan fingerprint density at radius 2 is 1.77 bits per heavy atom. The van der Waals surface area contributed by atoms with E-state index in [0.717, 1.165) is 55.0 Å². The summed E-state index contributed by atoms with van der Waals surface area (Å²) in [5.74, 6) is 2.21. The lowest BCUT2D eigenvalue weighted by atomic mass is 9.96. The number of amides is 2. The number of likely N-dealkylation sites (tertiary alicyclic amines) is 1. The van der Waals surface area contributed by atoms with Gasteiger partial charge in [0.1, 0.15) is 5.82 Å². The minimum Gasteiger partial charge on any atom is -0.378 e. The van der Waals surface area contributed by atoms with Gasteiger partial charge in [0.15, 0.2) is 5.82 Å². The van der Waals surface area contributed by atoms with Crippen molar-refractivity contribution in [3.05, 3.63) is 47.5 Å². The first-order chi connectivity index (χ1) is 17.1. The van der Waals surface area contributed by atoms with Crippen LogP contribution in [0, 0.1) is 6.92 Å². The summed E-state index contributed by atoms with van der Waals surface area (Å²) in [6.07, 6.45) is 9.01. The largest absolute Gasteiger partial charge is 0.378 e. The highest BCUT2D eigenvalue weighted by Crippen LogP contribution is 2.36. The van der Waals surface area contributed by atoms with Gasteiger partial charge in [0.2, 0.25) is 6.41 Å². The summed E-state index contributed by atoms with van der Waals surface area (Å²) < 4.78 is 7.42. The van der Waals surface area contributed by atoms with Crippen LogP contribution in [0.1, 0.15) is 53.5 Å². The van der Waals surface area contributed by atoms with Gasteiger partial charge in [-0.25, -0.2) is 4.98 Å². The number of rotatable bonds is 8. The molecule has 0 unspecified atom stereocenters. The van der Waals surface area contributed by atoms with Crippen molar-refractivity contribution < 1.29 is 14.3 Å². The highest BCUT2D eigenvalue weighted by molar-refractivity contribution is 5.94. The zero-order valence-electron chi connectivity index (χ0n) is 20.3. The van der Waals surface area contributed by atoms with Crippen molar-refractivity contribution in [3.63, 3.8) is 0 Å². The number of morpholine rings is 1. The molecule has 0 bridgehead atoms. The van der Waals surface area contributed by atoms with Crippen molar-refractivity contribution in [2.24, 2.45) is 0 Å². The van der Waals surface area contributed by atoms with Crippen molar-refractivity contribution >= 4 is 30.0 Å². The Morgan fingerprint density at radius 1 is 1.06 bits per heavy atom. The van der Waals surface area contributed by atoms with Crippen molar-refractivity contribution in [2.45, 2.75) is 44.6 Å². The smallest absolute Gasteiger partial charge is 0.254 e. The number of aromatic nitrogens is 2. The van der Waals surface area contributed by atoms with Crippen molar-refractivity contribution in [1.29, 1.82) is 0 Å². The topological polar surface area (TPSA) is 91.7 Å². The Bertz CT molecular complexity index is 1060. The summed E-state index contributed by atoms with van der Waals surface area (Å²) >= 11 is 0. The minimum absolute atomic E-state index is 0.0351. The van der Waals surface area contributed by atoms with Gasteiger partial charge < -0.3 is 29.7 Å². The normalized spacial score (nSPS) is 19.7. The Balaban J connectivity index is 1.32. The van der Waals surface area contributed by atoms with E-state index in [-0.39, 0.29) is 5.91 Å². The number of carbonyl (C=O) groups is 2. The van der Waals surface area contributed by atoms with E-state index < -0.39 is 0 Å². The van der Waals surface area contributed by atoms with E-state index in [2.05, 4.69) is 20.1 Å². The van der Waals surface area contributed by atoms with Crippen LogP contribution in [0.3, 0.4) is 0 Å². The number of piperidine rings is 1. The monoisotopic (exact) mass is 478 g/mol. The van der Waals surface area contributed by atoms with E-state index in [1.165, 1.54) is 12.8 Å². The van der Waals surface area contributed by atoms with Gasteiger partial charge in [0.05, 0.1) is 18.9 Å². The fourth-order valence-corrected chi connectivity index (χ4v) is 5.03. The molecule has 0 radical (unpaired) electrons. The Hall–Kier alpha value is -3.17. The average molecular weight is 479 g/mol. The van der Waals surface area contributed by atoms with Crippen LogP contribution in [0.15, 0.2) is 30.5 Å². The number of imidazole rings is 1. The molecule has 9 heteroatoms. The maximum atomic E-state index is 12.7. The first kappa shape index (κ1) is 23.6. The highest BCUT2D eigenvalue weighted by atomic mass is 16.5. The zero-order valence-corrected chi connectivity index (χ0v) is 20.3. The number of ether oxygens (including phenoxy) is 1. The number of nitrogens with zero attached hydrogens (tertiary/aromatic N) is 4. The third-order valence-electron chi connectivity index (χ3n) is 7.22. The van der Waals surface area contributed by atoms with E-state index in [1.807, 2.05) is 42.3 Å². The van der Waals surface area contributed by atoms with Gasteiger partial charge in [-0.1, -0.05) is 0 Å². The molecule has 2 amide bonds. The molecular weight excluding hydrogens is 444 g/mol. The Morgan fingerprint density at radius 3 is 2.43 bits per heavy atom. The first-order valence-corrected chi connectivity index (χ1v) is 12.6. The molecule has 2 aromatic rings. The van der Waals surface area contributed by atoms with E-state index in [0.29, 0.717) is 44.2 Å². The highest BCUT2D eigenvalue weighted by Gasteiger charge is 2.33. The number of hydrogen-bond donors (Lipinski definition) is 2. The molecule has 2 saturated heterocycles. The second-order valence-corrected chi connectivity index (χ2v) is 9.52. The third kappa shape index (κ3) is 5.41. The van der Waals surface area contributed by atoms with Crippen molar-refractivity contribution in [2.75, 3.05) is 44.7 Å². The number of carbonyl (C=O) groups excluding carboxylic acids is 2. The van der Waals surface area contributed by atoms with Crippen molar-refractivity contribution in [1.82, 2.24) is 24.7 Å². The first-order valence-electron chi connectivity index (χ1n) is 12.6. The molecule has 3 fully saturated rings. The van der Waals surface area contributed by atoms with Crippen LogP contribution in [0.4, 0.5) is 11.5 Å². The van der Waals surface area contributed by atoms with Gasteiger partial charge >= 0.3 is 0 Å². The minimum atomic E-state index is 0.0351. The van der Waals surface area contributed by atoms with E-state index >= 15 is 0 Å². The summed E-state index contributed by atoms with van der Waals surface area (Å²) in [7, 11) is 0.